The van der Waals surface area contributed by atoms with Gasteiger partial charge in [0.25, 0.3) is 0 Å². The second kappa shape index (κ2) is 5.05. The molecule has 0 bridgehead atoms. The molecule has 1 N–H and O–H groups in total. The summed E-state index contributed by atoms with van der Waals surface area (Å²) in [6.45, 7) is 0. The molecule has 0 aliphatic carbocycles. The highest BCUT2D eigenvalue weighted by molar-refractivity contribution is 14.1. The summed E-state index contributed by atoms with van der Waals surface area (Å²) in [5, 5.41) is 10.7. The molecule has 94 valence electrons. The van der Waals surface area contributed by atoms with Crippen molar-refractivity contribution in [3.05, 3.63) is 50.5 Å². The first-order chi connectivity index (χ1) is 9.13. The lowest BCUT2D eigenvalue weighted by Crippen LogP contribution is -1.91. The van der Waals surface area contributed by atoms with E-state index < -0.39 is 0 Å². The summed E-state index contributed by atoms with van der Waals surface area (Å²) in [6, 6.07) is 13.4. The molecule has 0 amide bonds. The lowest BCUT2D eigenvalue weighted by molar-refractivity contribution is 0.460. The molecule has 1 heterocycles. The van der Waals surface area contributed by atoms with Crippen molar-refractivity contribution in [1.29, 1.82) is 0 Å². The molecule has 0 aliphatic rings. The van der Waals surface area contributed by atoms with Crippen LogP contribution >= 0.6 is 38.5 Å². The summed E-state index contributed by atoms with van der Waals surface area (Å²) >= 11 is 5.62. The van der Waals surface area contributed by atoms with Crippen LogP contribution in [0.5, 0.6) is 5.88 Å². The first-order valence-electron chi connectivity index (χ1n) is 5.56. The monoisotopic (exact) mass is 426 g/mol. The molecular formula is C14H8BrIN2O. The lowest BCUT2D eigenvalue weighted by Gasteiger charge is -2.05. The van der Waals surface area contributed by atoms with Crippen molar-refractivity contribution in [2.45, 2.75) is 0 Å². The predicted molar refractivity (Wildman–Crippen MR) is 87.1 cm³/mol. The minimum atomic E-state index is -0.000139. The van der Waals surface area contributed by atoms with E-state index in [0.29, 0.717) is 11.2 Å². The minimum absolute atomic E-state index is 0.000139. The van der Waals surface area contributed by atoms with Crippen molar-refractivity contribution < 1.29 is 5.11 Å². The summed E-state index contributed by atoms with van der Waals surface area (Å²) in [7, 11) is 0. The maximum atomic E-state index is 10.0. The zero-order valence-electron chi connectivity index (χ0n) is 9.64. The van der Waals surface area contributed by atoms with Crippen LogP contribution in [-0.4, -0.2) is 15.1 Å². The SMILES string of the molecule is Oc1nc(-c2ccc(I)cc2)nc2ccc(Br)cc12. The molecule has 0 fully saturated rings. The van der Waals surface area contributed by atoms with E-state index in [4.69, 9.17) is 0 Å². The molecule has 3 nitrogen and oxygen atoms in total. The van der Waals surface area contributed by atoms with E-state index in [-0.39, 0.29) is 5.88 Å². The number of nitrogens with zero attached hydrogens (tertiary/aromatic N) is 2. The Morgan fingerprint density at radius 3 is 2.47 bits per heavy atom. The molecular weight excluding hydrogens is 419 g/mol. The standard InChI is InChI=1S/C14H8BrIN2O/c15-9-3-6-12-11(7-9)14(19)18-13(17-12)8-1-4-10(16)5-2-8/h1-7H,(H,17,18,19). The van der Waals surface area contributed by atoms with E-state index in [1.165, 1.54) is 0 Å². The third-order valence-electron chi connectivity index (χ3n) is 2.74. The lowest BCUT2D eigenvalue weighted by atomic mass is 10.2. The first kappa shape index (κ1) is 12.8. The van der Waals surface area contributed by atoms with Gasteiger partial charge in [-0.15, -0.1) is 0 Å². The fourth-order valence-corrected chi connectivity index (χ4v) is 2.53. The molecule has 0 aliphatic heterocycles. The zero-order chi connectivity index (χ0) is 13.4. The average Bonchev–Trinajstić information content (AvgIpc) is 2.40. The summed E-state index contributed by atoms with van der Waals surface area (Å²) in [6.07, 6.45) is 0. The van der Waals surface area contributed by atoms with Crippen LogP contribution in [0.3, 0.4) is 0 Å². The maximum Gasteiger partial charge on any atom is 0.222 e. The average molecular weight is 427 g/mol. The Morgan fingerprint density at radius 1 is 1.00 bits per heavy atom. The van der Waals surface area contributed by atoms with Crippen molar-refractivity contribution >= 4 is 49.4 Å². The molecule has 0 atom stereocenters. The van der Waals surface area contributed by atoms with Gasteiger partial charge in [0.15, 0.2) is 5.82 Å². The Balaban J connectivity index is 2.20. The molecule has 0 unspecified atom stereocenters. The number of aromatic hydroxyl groups is 1. The van der Waals surface area contributed by atoms with Gasteiger partial charge < -0.3 is 5.11 Å². The second-order valence-corrected chi connectivity index (χ2v) is 6.20. The van der Waals surface area contributed by atoms with Gasteiger partial charge >= 0.3 is 0 Å². The van der Waals surface area contributed by atoms with Gasteiger partial charge in [-0.2, -0.15) is 4.98 Å². The topological polar surface area (TPSA) is 46.0 Å². The Bertz CT molecular complexity index is 759. The highest BCUT2D eigenvalue weighted by atomic mass is 127. The Kier molecular flexibility index (Phi) is 3.40. The van der Waals surface area contributed by atoms with Crippen LogP contribution in [0.4, 0.5) is 0 Å². The Labute approximate surface area is 132 Å². The van der Waals surface area contributed by atoms with Gasteiger partial charge in [-0.05, 0) is 52.9 Å². The number of hydrogen-bond acceptors (Lipinski definition) is 3. The van der Waals surface area contributed by atoms with Gasteiger partial charge in [0.05, 0.1) is 10.9 Å². The van der Waals surface area contributed by atoms with Crippen molar-refractivity contribution in [3.8, 4) is 17.3 Å². The summed E-state index contributed by atoms with van der Waals surface area (Å²) < 4.78 is 2.04. The van der Waals surface area contributed by atoms with Gasteiger partial charge in [-0.25, -0.2) is 4.98 Å². The predicted octanol–water partition coefficient (Wildman–Crippen LogP) is 4.37. The Morgan fingerprint density at radius 2 is 1.74 bits per heavy atom. The number of hydrogen-bond donors (Lipinski definition) is 1. The quantitative estimate of drug-likeness (QED) is 0.587. The maximum absolute atomic E-state index is 10.0. The summed E-state index contributed by atoms with van der Waals surface area (Å²) in [4.78, 5) is 8.65. The van der Waals surface area contributed by atoms with Crippen LogP contribution in [0.15, 0.2) is 46.9 Å². The highest BCUT2D eigenvalue weighted by Crippen LogP contribution is 2.28. The van der Waals surface area contributed by atoms with Crippen molar-refractivity contribution in [2.75, 3.05) is 0 Å². The number of benzene rings is 2. The zero-order valence-corrected chi connectivity index (χ0v) is 13.4. The number of rotatable bonds is 1. The molecule has 0 spiro atoms. The van der Waals surface area contributed by atoms with Crippen molar-refractivity contribution in [3.63, 3.8) is 0 Å². The molecule has 0 saturated carbocycles. The van der Waals surface area contributed by atoms with E-state index in [2.05, 4.69) is 48.5 Å². The van der Waals surface area contributed by atoms with Crippen LogP contribution in [0.2, 0.25) is 0 Å². The van der Waals surface area contributed by atoms with Gasteiger partial charge in [0.1, 0.15) is 0 Å². The molecule has 0 radical (unpaired) electrons. The molecule has 1 aromatic heterocycles. The summed E-state index contributed by atoms with van der Waals surface area (Å²) in [5.41, 5.74) is 1.62. The fraction of sp³-hybridized carbons (Fsp3) is 0. The number of fused-ring (bicyclic) bond motifs is 1. The highest BCUT2D eigenvalue weighted by Gasteiger charge is 2.08. The fourth-order valence-electron chi connectivity index (χ4n) is 1.81. The van der Waals surface area contributed by atoms with E-state index >= 15 is 0 Å². The molecule has 19 heavy (non-hydrogen) atoms. The van der Waals surface area contributed by atoms with E-state index in [9.17, 15) is 5.11 Å². The van der Waals surface area contributed by atoms with Crippen LogP contribution in [0.1, 0.15) is 0 Å². The van der Waals surface area contributed by atoms with Crippen molar-refractivity contribution in [2.24, 2.45) is 0 Å². The number of aromatic nitrogens is 2. The van der Waals surface area contributed by atoms with Crippen LogP contribution in [0.25, 0.3) is 22.3 Å². The van der Waals surface area contributed by atoms with Gasteiger partial charge in [-0.3, -0.25) is 0 Å². The normalized spacial score (nSPS) is 10.8. The van der Waals surface area contributed by atoms with Crippen LogP contribution < -0.4 is 0 Å². The summed E-state index contributed by atoms with van der Waals surface area (Å²) in [5.74, 6) is 0.531. The smallest absolute Gasteiger partial charge is 0.222 e. The van der Waals surface area contributed by atoms with Crippen molar-refractivity contribution in [1.82, 2.24) is 9.97 Å². The molecule has 3 aromatic rings. The van der Waals surface area contributed by atoms with E-state index in [1.54, 1.807) is 0 Å². The molecule has 3 rings (SSSR count). The number of halogens is 2. The van der Waals surface area contributed by atoms with E-state index in [1.807, 2.05) is 42.5 Å². The third-order valence-corrected chi connectivity index (χ3v) is 3.95. The van der Waals surface area contributed by atoms with Gasteiger partial charge in [0, 0.05) is 13.6 Å². The second-order valence-electron chi connectivity index (χ2n) is 4.04. The molecule has 2 aromatic carbocycles. The third kappa shape index (κ3) is 2.57. The van der Waals surface area contributed by atoms with E-state index in [0.717, 1.165) is 19.1 Å². The molecule has 5 heteroatoms. The largest absolute Gasteiger partial charge is 0.493 e. The first-order valence-corrected chi connectivity index (χ1v) is 7.43. The minimum Gasteiger partial charge on any atom is -0.493 e. The van der Waals surface area contributed by atoms with Crippen LogP contribution in [0, 0.1) is 3.57 Å². The Hall–Kier alpha value is -1.21. The van der Waals surface area contributed by atoms with Gasteiger partial charge in [0.2, 0.25) is 5.88 Å². The van der Waals surface area contributed by atoms with Crippen LogP contribution in [-0.2, 0) is 0 Å². The van der Waals surface area contributed by atoms with Gasteiger partial charge in [-0.1, -0.05) is 28.1 Å². The molecule has 0 saturated heterocycles.